The molecule has 1 aliphatic rings. The molecule has 2 aromatic rings. The predicted molar refractivity (Wildman–Crippen MR) is 84.7 cm³/mol. The molecule has 7 heteroatoms. The Morgan fingerprint density at radius 2 is 2.04 bits per heavy atom. The summed E-state index contributed by atoms with van der Waals surface area (Å²) in [4.78, 5) is 25.5. The van der Waals surface area contributed by atoms with Crippen LogP contribution in [-0.2, 0) is 11.3 Å². The summed E-state index contributed by atoms with van der Waals surface area (Å²) in [6.07, 6.45) is 1.65. The first kappa shape index (κ1) is 15.9. The van der Waals surface area contributed by atoms with Crippen molar-refractivity contribution in [3.8, 4) is 11.5 Å². The summed E-state index contributed by atoms with van der Waals surface area (Å²) >= 11 is 0. The minimum atomic E-state index is -0.328. The van der Waals surface area contributed by atoms with Gasteiger partial charge in [0, 0.05) is 26.6 Å². The molecule has 1 aromatic carbocycles. The van der Waals surface area contributed by atoms with Gasteiger partial charge in [-0.2, -0.15) is 0 Å². The minimum Gasteiger partial charge on any atom is -0.459 e. The van der Waals surface area contributed by atoms with Crippen molar-refractivity contribution in [2.24, 2.45) is 0 Å². The maximum absolute atomic E-state index is 12.1. The van der Waals surface area contributed by atoms with E-state index in [0.29, 0.717) is 18.0 Å². The highest BCUT2D eigenvalue weighted by atomic mass is 16.7. The summed E-state index contributed by atoms with van der Waals surface area (Å²) in [5.41, 5.74) is 0.953. The third-order valence-corrected chi connectivity index (χ3v) is 3.65. The topological polar surface area (TPSA) is 81.0 Å². The smallest absolute Gasteiger partial charge is 0.286 e. The highest BCUT2D eigenvalue weighted by Crippen LogP contribution is 2.32. The van der Waals surface area contributed by atoms with Gasteiger partial charge in [-0.15, -0.1) is 0 Å². The average Bonchev–Trinajstić information content (AvgIpc) is 3.25. The molecular formula is C17H18N2O5. The van der Waals surface area contributed by atoms with Crippen molar-refractivity contribution in [3.63, 3.8) is 0 Å². The number of nitrogens with one attached hydrogen (secondary N) is 1. The van der Waals surface area contributed by atoms with E-state index in [2.05, 4.69) is 5.32 Å². The van der Waals surface area contributed by atoms with Gasteiger partial charge in [0.2, 0.25) is 12.7 Å². The van der Waals surface area contributed by atoms with Gasteiger partial charge in [-0.25, -0.2) is 0 Å². The molecule has 0 aliphatic carbocycles. The summed E-state index contributed by atoms with van der Waals surface area (Å²) in [5, 5.41) is 2.65. The van der Waals surface area contributed by atoms with Crippen molar-refractivity contribution in [2.45, 2.75) is 13.0 Å². The molecule has 1 aromatic heterocycles. The van der Waals surface area contributed by atoms with E-state index in [9.17, 15) is 9.59 Å². The van der Waals surface area contributed by atoms with Crippen LogP contribution in [0, 0.1) is 0 Å². The highest BCUT2D eigenvalue weighted by Gasteiger charge is 2.16. The Hall–Kier alpha value is -2.96. The quantitative estimate of drug-likeness (QED) is 0.873. The van der Waals surface area contributed by atoms with Crippen molar-refractivity contribution in [1.82, 2.24) is 10.2 Å². The Kier molecular flexibility index (Phi) is 4.69. The average molecular weight is 330 g/mol. The Balaban J connectivity index is 1.45. The Morgan fingerprint density at radius 3 is 2.83 bits per heavy atom. The normalized spacial score (nSPS) is 12.0. The lowest BCUT2D eigenvalue weighted by atomic mass is 10.2. The van der Waals surface area contributed by atoms with E-state index in [4.69, 9.17) is 13.9 Å². The van der Waals surface area contributed by atoms with Crippen LogP contribution in [0.15, 0.2) is 41.0 Å². The number of amides is 2. The molecule has 1 N–H and O–H groups in total. The van der Waals surface area contributed by atoms with Crippen molar-refractivity contribution < 1.29 is 23.5 Å². The first-order chi connectivity index (χ1) is 11.6. The molecule has 0 saturated heterocycles. The monoisotopic (exact) mass is 330 g/mol. The minimum absolute atomic E-state index is 0.0626. The molecule has 0 atom stereocenters. The van der Waals surface area contributed by atoms with Crippen LogP contribution < -0.4 is 14.8 Å². The van der Waals surface area contributed by atoms with Crippen molar-refractivity contribution in [3.05, 3.63) is 47.9 Å². The van der Waals surface area contributed by atoms with Crippen LogP contribution in [0.2, 0.25) is 0 Å². The van der Waals surface area contributed by atoms with E-state index in [1.165, 1.54) is 6.26 Å². The summed E-state index contributed by atoms with van der Waals surface area (Å²) in [5.74, 6) is 1.25. The van der Waals surface area contributed by atoms with Gasteiger partial charge in [0.05, 0.1) is 6.26 Å². The third kappa shape index (κ3) is 3.68. The second kappa shape index (κ2) is 7.08. The number of fused-ring (bicyclic) bond motifs is 1. The molecule has 2 amide bonds. The number of rotatable bonds is 6. The van der Waals surface area contributed by atoms with E-state index in [1.807, 2.05) is 18.2 Å². The van der Waals surface area contributed by atoms with E-state index in [-0.39, 0.29) is 37.3 Å². The molecule has 24 heavy (non-hydrogen) atoms. The van der Waals surface area contributed by atoms with Crippen LogP contribution >= 0.6 is 0 Å². The van der Waals surface area contributed by atoms with Crippen LogP contribution in [-0.4, -0.2) is 37.1 Å². The molecular weight excluding hydrogens is 312 g/mol. The fourth-order valence-electron chi connectivity index (χ4n) is 2.37. The molecule has 0 unspecified atom stereocenters. The van der Waals surface area contributed by atoms with Gasteiger partial charge < -0.3 is 24.1 Å². The van der Waals surface area contributed by atoms with Gasteiger partial charge in [-0.1, -0.05) is 6.07 Å². The highest BCUT2D eigenvalue weighted by molar-refractivity contribution is 5.91. The van der Waals surface area contributed by atoms with Crippen molar-refractivity contribution in [1.29, 1.82) is 0 Å². The van der Waals surface area contributed by atoms with Crippen molar-refractivity contribution >= 4 is 11.8 Å². The van der Waals surface area contributed by atoms with Crippen LogP contribution in [0.5, 0.6) is 11.5 Å². The van der Waals surface area contributed by atoms with Gasteiger partial charge in [0.15, 0.2) is 17.3 Å². The zero-order valence-corrected chi connectivity index (χ0v) is 13.3. The van der Waals surface area contributed by atoms with Crippen LogP contribution in [0.3, 0.4) is 0 Å². The third-order valence-electron chi connectivity index (χ3n) is 3.65. The Bertz CT molecular complexity index is 727. The lowest BCUT2D eigenvalue weighted by Crippen LogP contribution is -2.31. The number of hydrogen-bond donors (Lipinski definition) is 1. The van der Waals surface area contributed by atoms with E-state index < -0.39 is 0 Å². The fraction of sp³-hybridized carbons (Fsp3) is 0.294. The number of carbonyl (C=O) groups excluding carboxylic acids is 2. The van der Waals surface area contributed by atoms with Gasteiger partial charge in [0.1, 0.15) is 0 Å². The zero-order chi connectivity index (χ0) is 16.9. The summed E-state index contributed by atoms with van der Waals surface area (Å²) in [6, 6.07) is 8.81. The molecule has 126 valence electrons. The molecule has 3 rings (SSSR count). The molecule has 0 saturated carbocycles. The standard InChI is InChI=1S/C17H18N2O5/c1-19(10-12-4-5-13-15(9-12)24-11-23-13)16(20)6-7-18-17(21)14-3-2-8-22-14/h2-5,8-9H,6-7,10-11H2,1H3,(H,18,21). The second-order valence-electron chi connectivity index (χ2n) is 5.42. The van der Waals surface area contributed by atoms with Gasteiger partial charge in [-0.05, 0) is 29.8 Å². The Labute approximate surface area is 139 Å². The molecule has 0 spiro atoms. The molecule has 0 radical (unpaired) electrons. The van der Waals surface area contributed by atoms with Crippen molar-refractivity contribution in [2.75, 3.05) is 20.4 Å². The molecule has 0 fully saturated rings. The maximum atomic E-state index is 12.1. The summed E-state index contributed by atoms with van der Waals surface area (Å²) in [6.45, 7) is 0.939. The van der Waals surface area contributed by atoms with E-state index in [1.54, 1.807) is 24.1 Å². The van der Waals surface area contributed by atoms with Gasteiger partial charge >= 0.3 is 0 Å². The summed E-state index contributed by atoms with van der Waals surface area (Å²) in [7, 11) is 1.72. The number of furan rings is 1. The first-order valence-electron chi connectivity index (χ1n) is 7.57. The lowest BCUT2D eigenvalue weighted by Gasteiger charge is -2.17. The molecule has 0 bridgehead atoms. The SMILES string of the molecule is CN(Cc1ccc2c(c1)OCO2)C(=O)CCNC(=O)c1ccco1. The maximum Gasteiger partial charge on any atom is 0.286 e. The first-order valence-corrected chi connectivity index (χ1v) is 7.57. The van der Waals surface area contributed by atoms with E-state index in [0.717, 1.165) is 5.56 Å². The number of hydrogen-bond acceptors (Lipinski definition) is 5. The fourth-order valence-corrected chi connectivity index (χ4v) is 2.37. The molecule has 7 nitrogen and oxygen atoms in total. The van der Waals surface area contributed by atoms with Crippen LogP contribution in [0.4, 0.5) is 0 Å². The molecule has 2 heterocycles. The number of benzene rings is 1. The predicted octanol–water partition coefficient (Wildman–Crippen LogP) is 1.79. The van der Waals surface area contributed by atoms with Gasteiger partial charge in [0.25, 0.3) is 5.91 Å². The van der Waals surface area contributed by atoms with Gasteiger partial charge in [-0.3, -0.25) is 9.59 Å². The largest absolute Gasteiger partial charge is 0.459 e. The Morgan fingerprint density at radius 1 is 1.21 bits per heavy atom. The zero-order valence-electron chi connectivity index (χ0n) is 13.3. The van der Waals surface area contributed by atoms with Crippen LogP contribution in [0.1, 0.15) is 22.5 Å². The second-order valence-corrected chi connectivity index (χ2v) is 5.42. The summed E-state index contributed by atoms with van der Waals surface area (Å²) < 4.78 is 15.6. The molecule has 1 aliphatic heterocycles. The number of carbonyl (C=O) groups is 2. The van der Waals surface area contributed by atoms with E-state index >= 15 is 0 Å². The number of nitrogens with zero attached hydrogens (tertiary/aromatic N) is 1. The van der Waals surface area contributed by atoms with Crippen LogP contribution in [0.25, 0.3) is 0 Å². The lowest BCUT2D eigenvalue weighted by molar-refractivity contribution is -0.130. The number of ether oxygens (including phenoxy) is 2.